The van der Waals surface area contributed by atoms with E-state index < -0.39 is 0 Å². The van der Waals surface area contributed by atoms with E-state index in [4.69, 9.17) is 0 Å². The molecule has 2 aliphatic rings. The molecule has 0 bridgehead atoms. The first-order valence-corrected chi connectivity index (χ1v) is 15.2. The summed E-state index contributed by atoms with van der Waals surface area (Å²) in [6.45, 7) is 8.02. The van der Waals surface area contributed by atoms with Crippen LogP contribution >= 0.6 is 11.8 Å². The fraction of sp³-hybridized carbons (Fsp3) is 0.500. The molecule has 1 saturated heterocycles. The molecule has 0 radical (unpaired) electrons. The Morgan fingerprint density at radius 2 is 1.79 bits per heavy atom. The molecule has 1 saturated carbocycles. The summed E-state index contributed by atoms with van der Waals surface area (Å²) < 4.78 is 0. The van der Waals surface area contributed by atoms with Gasteiger partial charge in [-0.3, -0.25) is 14.5 Å². The van der Waals surface area contributed by atoms with Gasteiger partial charge in [-0.1, -0.05) is 86.3 Å². The SMILES string of the molecule is CCCCN(CCCNC(=O)CN1C(=O)/C(=C/c2ccc(C)cc2)SC2CCCCC21)Cc1ccccc1. The lowest BCUT2D eigenvalue weighted by atomic mass is 9.93. The van der Waals surface area contributed by atoms with Crippen LogP contribution in [-0.2, 0) is 16.1 Å². The van der Waals surface area contributed by atoms with Gasteiger partial charge in [-0.15, -0.1) is 11.8 Å². The van der Waals surface area contributed by atoms with E-state index in [0.717, 1.165) is 55.8 Å². The molecular formula is C32H43N3O2S. The summed E-state index contributed by atoms with van der Waals surface area (Å²) in [4.78, 5) is 31.6. The molecule has 2 aromatic rings. The van der Waals surface area contributed by atoms with Crippen LogP contribution in [0.2, 0.25) is 0 Å². The van der Waals surface area contributed by atoms with E-state index >= 15 is 0 Å². The van der Waals surface area contributed by atoms with E-state index in [2.05, 4.69) is 78.7 Å². The second-order valence-corrected chi connectivity index (χ2v) is 12.0. The normalized spacial score (nSPS) is 20.6. The summed E-state index contributed by atoms with van der Waals surface area (Å²) in [6.07, 6.45) is 9.65. The maximum atomic E-state index is 13.5. The summed E-state index contributed by atoms with van der Waals surface area (Å²) in [7, 11) is 0. The molecular weight excluding hydrogens is 490 g/mol. The molecule has 0 aromatic heterocycles. The Bertz CT molecular complexity index is 1070. The van der Waals surface area contributed by atoms with Crippen molar-refractivity contribution in [3.8, 4) is 0 Å². The number of hydrogen-bond donors (Lipinski definition) is 1. The Morgan fingerprint density at radius 1 is 1.05 bits per heavy atom. The second-order valence-electron chi connectivity index (χ2n) is 10.7. The number of unbranched alkanes of at least 4 members (excludes halogenated alkanes) is 1. The van der Waals surface area contributed by atoms with Crippen LogP contribution in [0.5, 0.6) is 0 Å². The fourth-order valence-corrected chi connectivity index (χ4v) is 6.88. The third-order valence-electron chi connectivity index (χ3n) is 7.56. The van der Waals surface area contributed by atoms with Crippen molar-refractivity contribution >= 4 is 29.7 Å². The van der Waals surface area contributed by atoms with Gasteiger partial charge >= 0.3 is 0 Å². The van der Waals surface area contributed by atoms with Crippen molar-refractivity contribution in [1.82, 2.24) is 15.1 Å². The van der Waals surface area contributed by atoms with Gasteiger partial charge in [0.1, 0.15) is 6.54 Å². The van der Waals surface area contributed by atoms with Crippen LogP contribution in [0.1, 0.15) is 68.6 Å². The number of fused-ring (bicyclic) bond motifs is 1. The molecule has 5 nitrogen and oxygen atoms in total. The third kappa shape index (κ3) is 8.21. The monoisotopic (exact) mass is 533 g/mol. The van der Waals surface area contributed by atoms with Gasteiger partial charge in [-0.25, -0.2) is 0 Å². The number of amides is 2. The van der Waals surface area contributed by atoms with Gasteiger partial charge in [-0.2, -0.15) is 0 Å². The van der Waals surface area contributed by atoms with E-state index in [0.29, 0.717) is 11.8 Å². The molecule has 1 N–H and O–H groups in total. The summed E-state index contributed by atoms with van der Waals surface area (Å²) in [5.41, 5.74) is 3.56. The second kappa shape index (κ2) is 14.5. The van der Waals surface area contributed by atoms with Crippen molar-refractivity contribution < 1.29 is 9.59 Å². The van der Waals surface area contributed by atoms with Crippen molar-refractivity contribution in [2.24, 2.45) is 0 Å². The van der Waals surface area contributed by atoms with Crippen LogP contribution < -0.4 is 5.32 Å². The number of nitrogens with one attached hydrogen (secondary N) is 1. The molecule has 2 atom stereocenters. The number of benzene rings is 2. The lowest BCUT2D eigenvalue weighted by molar-refractivity contribution is -0.135. The van der Waals surface area contributed by atoms with E-state index in [-0.39, 0.29) is 24.4 Å². The summed E-state index contributed by atoms with van der Waals surface area (Å²) >= 11 is 1.72. The molecule has 1 aliphatic heterocycles. The molecule has 204 valence electrons. The number of rotatable bonds is 12. The zero-order valence-electron chi connectivity index (χ0n) is 23.0. The Labute approximate surface area is 233 Å². The zero-order chi connectivity index (χ0) is 26.7. The van der Waals surface area contributed by atoms with Crippen molar-refractivity contribution in [2.45, 2.75) is 76.6 Å². The van der Waals surface area contributed by atoms with Gasteiger partial charge in [0.25, 0.3) is 5.91 Å². The summed E-state index contributed by atoms with van der Waals surface area (Å²) in [5.74, 6) is -0.0464. The lowest BCUT2D eigenvalue weighted by Gasteiger charge is -2.43. The average Bonchev–Trinajstić information content (AvgIpc) is 2.93. The van der Waals surface area contributed by atoms with Gasteiger partial charge in [0.05, 0.1) is 4.91 Å². The summed E-state index contributed by atoms with van der Waals surface area (Å²) in [5, 5.41) is 3.48. The minimum Gasteiger partial charge on any atom is -0.355 e. The Hall–Kier alpha value is -2.57. The standard InChI is InChI=1S/C32H43N3O2S/c1-3-4-20-34(23-27-11-6-5-7-12-27)21-10-19-33-31(36)24-35-28-13-8-9-14-29(28)38-30(32(35)37)22-26-17-15-25(2)16-18-26/h5-7,11-12,15-18,22,28-29H,3-4,8-10,13-14,19-21,23-24H2,1-2H3,(H,33,36)/b30-22-. The first-order valence-electron chi connectivity index (χ1n) is 14.3. The Balaban J connectivity index is 1.32. The van der Waals surface area contributed by atoms with E-state index in [1.54, 1.807) is 11.8 Å². The van der Waals surface area contributed by atoms with Crippen molar-refractivity contribution in [2.75, 3.05) is 26.2 Å². The van der Waals surface area contributed by atoms with Crippen molar-refractivity contribution in [1.29, 1.82) is 0 Å². The molecule has 2 amide bonds. The highest BCUT2D eigenvalue weighted by atomic mass is 32.2. The predicted octanol–water partition coefficient (Wildman–Crippen LogP) is 6.03. The van der Waals surface area contributed by atoms with Crippen LogP contribution in [0.25, 0.3) is 6.08 Å². The fourth-order valence-electron chi connectivity index (χ4n) is 5.41. The number of carbonyl (C=O) groups excluding carboxylic acids is 2. The predicted molar refractivity (Wildman–Crippen MR) is 159 cm³/mol. The molecule has 2 aromatic carbocycles. The number of hydrogen-bond acceptors (Lipinski definition) is 4. The zero-order valence-corrected chi connectivity index (χ0v) is 23.8. The molecule has 0 spiro atoms. The molecule has 2 unspecified atom stereocenters. The van der Waals surface area contributed by atoms with Gasteiger partial charge in [0.2, 0.25) is 5.91 Å². The highest BCUT2D eigenvalue weighted by Gasteiger charge is 2.41. The first kappa shape index (κ1) is 28.4. The number of thioether (sulfide) groups is 1. The topological polar surface area (TPSA) is 52.7 Å². The number of aryl methyl sites for hydroxylation is 1. The minimum atomic E-state index is -0.0487. The molecule has 1 heterocycles. The molecule has 4 rings (SSSR count). The maximum absolute atomic E-state index is 13.5. The van der Waals surface area contributed by atoms with Crippen LogP contribution in [0.4, 0.5) is 0 Å². The van der Waals surface area contributed by atoms with Gasteiger partial charge in [0.15, 0.2) is 0 Å². The number of nitrogens with zero attached hydrogens (tertiary/aromatic N) is 2. The van der Waals surface area contributed by atoms with Gasteiger partial charge < -0.3 is 10.2 Å². The van der Waals surface area contributed by atoms with E-state index in [9.17, 15) is 9.59 Å². The van der Waals surface area contributed by atoms with Crippen molar-refractivity contribution in [3.63, 3.8) is 0 Å². The van der Waals surface area contributed by atoms with Gasteiger partial charge in [-0.05, 0) is 56.4 Å². The Kier molecular flexibility index (Phi) is 10.9. The first-order chi connectivity index (χ1) is 18.5. The quantitative estimate of drug-likeness (QED) is 0.267. The smallest absolute Gasteiger partial charge is 0.261 e. The van der Waals surface area contributed by atoms with Crippen LogP contribution in [0.15, 0.2) is 59.5 Å². The van der Waals surface area contributed by atoms with Crippen LogP contribution in [0.3, 0.4) is 0 Å². The molecule has 6 heteroatoms. The lowest BCUT2D eigenvalue weighted by Crippen LogP contribution is -2.54. The van der Waals surface area contributed by atoms with Crippen LogP contribution in [-0.4, -0.2) is 59.1 Å². The highest BCUT2D eigenvalue weighted by Crippen LogP contribution is 2.42. The Morgan fingerprint density at radius 3 is 2.55 bits per heavy atom. The van der Waals surface area contributed by atoms with Gasteiger partial charge in [0, 0.05) is 30.9 Å². The molecule has 1 aliphatic carbocycles. The van der Waals surface area contributed by atoms with Crippen LogP contribution in [0, 0.1) is 6.92 Å². The largest absolute Gasteiger partial charge is 0.355 e. The third-order valence-corrected chi connectivity index (χ3v) is 8.96. The molecule has 38 heavy (non-hydrogen) atoms. The minimum absolute atomic E-state index is 0.00229. The highest BCUT2D eigenvalue weighted by molar-refractivity contribution is 8.04. The van der Waals surface area contributed by atoms with E-state index in [1.807, 2.05) is 11.0 Å². The molecule has 2 fully saturated rings. The summed E-state index contributed by atoms with van der Waals surface area (Å²) in [6, 6.07) is 19.0. The average molecular weight is 534 g/mol. The maximum Gasteiger partial charge on any atom is 0.261 e. The number of carbonyl (C=O) groups is 2. The van der Waals surface area contributed by atoms with E-state index in [1.165, 1.54) is 30.4 Å². The van der Waals surface area contributed by atoms with Crippen molar-refractivity contribution in [3.05, 3.63) is 76.2 Å².